The number of carboxylic acid groups (broad SMARTS) is 1. The van der Waals surface area contributed by atoms with E-state index in [0.717, 1.165) is 5.56 Å². The Morgan fingerprint density at radius 2 is 2.00 bits per heavy atom. The molecule has 1 aromatic rings. The van der Waals surface area contributed by atoms with Crippen LogP contribution in [0.2, 0.25) is 0 Å². The second kappa shape index (κ2) is 6.03. The topological polar surface area (TPSA) is 84.9 Å². The van der Waals surface area contributed by atoms with E-state index in [1.165, 1.54) is 0 Å². The van der Waals surface area contributed by atoms with Crippen molar-refractivity contribution in [3.05, 3.63) is 23.8 Å². The van der Waals surface area contributed by atoms with E-state index in [-0.39, 0.29) is 0 Å². The first kappa shape index (κ1) is 15.2. The van der Waals surface area contributed by atoms with Crippen LogP contribution in [0, 0.1) is 5.41 Å². The monoisotopic (exact) mass is 293 g/mol. The Bertz CT molecular complexity index is 551. The lowest BCUT2D eigenvalue weighted by atomic mass is 10.1. The van der Waals surface area contributed by atoms with Crippen molar-refractivity contribution in [2.75, 3.05) is 20.8 Å². The molecule has 0 spiro atoms. The first-order chi connectivity index (χ1) is 10.0. The Morgan fingerprint density at radius 3 is 2.52 bits per heavy atom. The molecule has 0 saturated heterocycles. The van der Waals surface area contributed by atoms with Gasteiger partial charge in [-0.15, -0.1) is 0 Å². The smallest absolute Gasteiger partial charge is 0.319 e. The number of methoxy groups -OCH3 is 2. The van der Waals surface area contributed by atoms with E-state index in [2.05, 4.69) is 5.32 Å². The van der Waals surface area contributed by atoms with Gasteiger partial charge in [0.15, 0.2) is 0 Å². The molecule has 6 heteroatoms. The maximum atomic E-state index is 11.9. The summed E-state index contributed by atoms with van der Waals surface area (Å²) in [4.78, 5) is 22.9. The number of rotatable bonds is 7. The van der Waals surface area contributed by atoms with Gasteiger partial charge in [0.25, 0.3) is 0 Å². The Labute approximate surface area is 123 Å². The molecule has 2 rings (SSSR count). The van der Waals surface area contributed by atoms with Crippen molar-refractivity contribution in [1.82, 2.24) is 5.32 Å². The van der Waals surface area contributed by atoms with Crippen molar-refractivity contribution in [3.63, 3.8) is 0 Å². The van der Waals surface area contributed by atoms with Crippen molar-refractivity contribution in [1.29, 1.82) is 0 Å². The standard InChI is InChI=1S/C15H19NO5/c1-20-11-3-4-12(21-2)10(9-11)5-8-16-13(17)15(6-7-15)14(18)19/h3-4,9H,5-8H2,1-2H3,(H,16,17)(H,18,19). The first-order valence-corrected chi connectivity index (χ1v) is 6.76. The number of hydrogen-bond donors (Lipinski definition) is 2. The molecule has 0 unspecified atom stereocenters. The number of carbonyl (C=O) groups is 2. The fourth-order valence-corrected chi connectivity index (χ4v) is 2.22. The van der Waals surface area contributed by atoms with Crippen molar-refractivity contribution in [2.24, 2.45) is 5.41 Å². The van der Waals surface area contributed by atoms with Gasteiger partial charge in [-0.3, -0.25) is 9.59 Å². The SMILES string of the molecule is COc1ccc(OC)c(CCNC(=O)C2(C(=O)O)CC2)c1. The van der Waals surface area contributed by atoms with Crippen molar-refractivity contribution >= 4 is 11.9 Å². The number of aliphatic carboxylic acids is 1. The summed E-state index contributed by atoms with van der Waals surface area (Å²) in [6.45, 7) is 0.359. The van der Waals surface area contributed by atoms with Gasteiger partial charge in [0.2, 0.25) is 5.91 Å². The van der Waals surface area contributed by atoms with Crippen LogP contribution in [-0.4, -0.2) is 37.7 Å². The molecule has 0 atom stereocenters. The molecular weight excluding hydrogens is 274 g/mol. The molecule has 21 heavy (non-hydrogen) atoms. The molecule has 0 radical (unpaired) electrons. The molecule has 1 aromatic carbocycles. The van der Waals surface area contributed by atoms with Gasteiger partial charge in [-0.05, 0) is 43.0 Å². The summed E-state index contributed by atoms with van der Waals surface area (Å²) in [5.74, 6) is -0.0263. The minimum Gasteiger partial charge on any atom is -0.497 e. The Kier molecular flexibility index (Phi) is 4.35. The number of nitrogens with one attached hydrogen (secondary N) is 1. The number of amides is 1. The quantitative estimate of drug-likeness (QED) is 0.739. The zero-order chi connectivity index (χ0) is 15.5. The summed E-state index contributed by atoms with van der Waals surface area (Å²) in [6.07, 6.45) is 1.37. The maximum absolute atomic E-state index is 11.9. The fourth-order valence-electron chi connectivity index (χ4n) is 2.22. The van der Waals surface area contributed by atoms with Gasteiger partial charge < -0.3 is 19.9 Å². The third-order valence-corrected chi connectivity index (χ3v) is 3.76. The highest BCUT2D eigenvalue weighted by Gasteiger charge is 2.56. The Hall–Kier alpha value is -2.24. The predicted octanol–water partition coefficient (Wildman–Crippen LogP) is 1.23. The minimum absolute atomic E-state index is 0.359. The molecule has 1 saturated carbocycles. The van der Waals surface area contributed by atoms with Gasteiger partial charge >= 0.3 is 5.97 Å². The van der Waals surface area contributed by atoms with E-state index in [4.69, 9.17) is 14.6 Å². The van der Waals surface area contributed by atoms with E-state index in [9.17, 15) is 9.59 Å². The van der Waals surface area contributed by atoms with E-state index >= 15 is 0 Å². The largest absolute Gasteiger partial charge is 0.497 e. The van der Waals surface area contributed by atoms with Gasteiger partial charge in [0.05, 0.1) is 14.2 Å². The molecule has 0 aromatic heterocycles. The normalized spacial score (nSPS) is 15.1. The van der Waals surface area contributed by atoms with E-state index in [1.807, 2.05) is 6.07 Å². The molecule has 1 aliphatic rings. The van der Waals surface area contributed by atoms with E-state index in [0.29, 0.717) is 37.3 Å². The first-order valence-electron chi connectivity index (χ1n) is 6.76. The summed E-state index contributed by atoms with van der Waals surface area (Å²) in [7, 11) is 3.16. The van der Waals surface area contributed by atoms with Crippen LogP contribution in [0.3, 0.4) is 0 Å². The molecule has 2 N–H and O–H groups in total. The Balaban J connectivity index is 1.94. The van der Waals surface area contributed by atoms with Crippen LogP contribution in [0.25, 0.3) is 0 Å². The molecule has 6 nitrogen and oxygen atoms in total. The van der Waals surface area contributed by atoms with Crippen LogP contribution in [0.15, 0.2) is 18.2 Å². The van der Waals surface area contributed by atoms with Gasteiger partial charge in [-0.1, -0.05) is 0 Å². The third-order valence-electron chi connectivity index (χ3n) is 3.76. The van der Waals surface area contributed by atoms with Gasteiger partial charge in [-0.2, -0.15) is 0 Å². The second-order valence-electron chi connectivity index (χ2n) is 5.07. The van der Waals surface area contributed by atoms with Crippen molar-refractivity contribution in [3.8, 4) is 11.5 Å². The highest BCUT2D eigenvalue weighted by atomic mass is 16.5. The van der Waals surface area contributed by atoms with Crippen LogP contribution in [0.5, 0.6) is 11.5 Å². The lowest BCUT2D eigenvalue weighted by molar-refractivity contribution is -0.149. The molecule has 114 valence electrons. The molecule has 0 bridgehead atoms. The molecule has 1 aliphatic carbocycles. The minimum atomic E-state index is -1.20. The molecular formula is C15H19NO5. The number of hydrogen-bond acceptors (Lipinski definition) is 4. The number of carboxylic acids is 1. The molecule has 0 aliphatic heterocycles. The van der Waals surface area contributed by atoms with Crippen LogP contribution in [0.4, 0.5) is 0 Å². The summed E-state index contributed by atoms with van der Waals surface area (Å²) >= 11 is 0. The predicted molar refractivity (Wildman–Crippen MR) is 75.6 cm³/mol. The van der Waals surface area contributed by atoms with Crippen molar-refractivity contribution < 1.29 is 24.2 Å². The summed E-state index contributed by atoms with van der Waals surface area (Å²) in [5, 5.41) is 11.7. The summed E-state index contributed by atoms with van der Waals surface area (Å²) in [6, 6.07) is 5.44. The lowest BCUT2D eigenvalue weighted by Gasteiger charge is -2.13. The number of carbonyl (C=O) groups excluding carboxylic acids is 1. The zero-order valence-electron chi connectivity index (χ0n) is 12.1. The van der Waals surface area contributed by atoms with Crippen molar-refractivity contribution in [2.45, 2.75) is 19.3 Å². The molecule has 1 amide bonds. The highest BCUT2D eigenvalue weighted by molar-refractivity contribution is 6.04. The molecule has 1 fully saturated rings. The highest BCUT2D eigenvalue weighted by Crippen LogP contribution is 2.46. The average molecular weight is 293 g/mol. The molecule has 0 heterocycles. The van der Waals surface area contributed by atoms with Gasteiger partial charge in [0.1, 0.15) is 16.9 Å². The number of ether oxygens (including phenoxy) is 2. The lowest BCUT2D eigenvalue weighted by Crippen LogP contribution is -2.37. The Morgan fingerprint density at radius 1 is 1.29 bits per heavy atom. The third kappa shape index (κ3) is 3.09. The van der Waals surface area contributed by atoms with Gasteiger partial charge in [0, 0.05) is 6.54 Å². The average Bonchev–Trinajstić information content (AvgIpc) is 3.28. The summed E-state index contributed by atoms with van der Waals surface area (Å²) in [5.41, 5.74) is -0.296. The second-order valence-corrected chi connectivity index (χ2v) is 5.07. The zero-order valence-corrected chi connectivity index (χ0v) is 12.1. The van der Waals surface area contributed by atoms with Crippen LogP contribution in [0.1, 0.15) is 18.4 Å². The fraction of sp³-hybridized carbons (Fsp3) is 0.467. The van der Waals surface area contributed by atoms with Crippen LogP contribution >= 0.6 is 0 Å². The maximum Gasteiger partial charge on any atom is 0.319 e. The van der Waals surface area contributed by atoms with Crippen LogP contribution in [-0.2, 0) is 16.0 Å². The number of benzene rings is 1. The van der Waals surface area contributed by atoms with Crippen LogP contribution < -0.4 is 14.8 Å². The van der Waals surface area contributed by atoms with E-state index in [1.54, 1.807) is 26.4 Å². The van der Waals surface area contributed by atoms with E-state index < -0.39 is 17.3 Å². The summed E-state index contributed by atoms with van der Waals surface area (Å²) < 4.78 is 10.4. The van der Waals surface area contributed by atoms with Gasteiger partial charge in [-0.25, -0.2) is 0 Å².